The molecule has 0 aliphatic carbocycles. The van der Waals surface area contributed by atoms with Crippen molar-refractivity contribution in [3.63, 3.8) is 0 Å². The van der Waals surface area contributed by atoms with Gasteiger partial charge in [0.25, 0.3) is 0 Å². The molecule has 0 bridgehead atoms. The zero-order valence-corrected chi connectivity index (χ0v) is 17.3. The van der Waals surface area contributed by atoms with Gasteiger partial charge < -0.3 is 10.2 Å². The molecule has 2 heterocycles. The maximum Gasteiger partial charge on any atom is 0.156 e. The number of nitrogens with zero attached hydrogens (tertiary/aromatic N) is 3. The molecule has 1 N–H and O–H groups in total. The molecule has 1 aromatic carbocycles. The van der Waals surface area contributed by atoms with E-state index >= 15 is 0 Å². The summed E-state index contributed by atoms with van der Waals surface area (Å²) in [5.74, 6) is 1.51. The van der Waals surface area contributed by atoms with Gasteiger partial charge in [-0.25, -0.2) is 9.97 Å². The van der Waals surface area contributed by atoms with Crippen molar-refractivity contribution in [1.82, 2.24) is 14.9 Å². The minimum atomic E-state index is 0.680. The predicted molar refractivity (Wildman–Crippen MR) is 115 cm³/mol. The van der Waals surface area contributed by atoms with E-state index in [-0.39, 0.29) is 0 Å². The number of hydrogen-bond acceptors (Lipinski definition) is 4. The van der Waals surface area contributed by atoms with Crippen LogP contribution in [0.3, 0.4) is 0 Å². The van der Waals surface area contributed by atoms with E-state index in [2.05, 4.69) is 61.5 Å². The Morgan fingerprint density at radius 1 is 1.11 bits per heavy atom. The van der Waals surface area contributed by atoms with E-state index in [4.69, 9.17) is 9.97 Å². The fraction of sp³-hybridized carbons (Fsp3) is 0.478. The first-order chi connectivity index (χ1) is 13.0. The molecule has 2 aromatic rings. The summed E-state index contributed by atoms with van der Waals surface area (Å²) >= 11 is 0. The van der Waals surface area contributed by atoms with Crippen molar-refractivity contribution >= 4 is 17.6 Å². The van der Waals surface area contributed by atoms with Crippen LogP contribution in [0.1, 0.15) is 60.3 Å². The highest BCUT2D eigenvalue weighted by atomic mass is 15.1. The number of allylic oxidation sites excluding steroid dienone is 1. The van der Waals surface area contributed by atoms with E-state index in [1.165, 1.54) is 37.1 Å². The Morgan fingerprint density at radius 3 is 2.48 bits per heavy atom. The van der Waals surface area contributed by atoms with Gasteiger partial charge in [-0.15, -0.1) is 0 Å². The highest BCUT2D eigenvalue weighted by Crippen LogP contribution is 2.32. The summed E-state index contributed by atoms with van der Waals surface area (Å²) in [5.41, 5.74) is 6.77. The van der Waals surface area contributed by atoms with Crippen LogP contribution in [0.4, 0.5) is 11.5 Å². The quantitative estimate of drug-likeness (QED) is 0.773. The molecule has 1 saturated heterocycles. The predicted octanol–water partition coefficient (Wildman–Crippen LogP) is 5.38. The average Bonchev–Trinajstić information content (AvgIpc) is 2.64. The summed E-state index contributed by atoms with van der Waals surface area (Å²) in [6.45, 7) is 10.8. The van der Waals surface area contributed by atoms with Gasteiger partial charge in [-0.05, 0) is 95.4 Å². The molecule has 0 unspecified atom stereocenters. The van der Waals surface area contributed by atoms with Gasteiger partial charge >= 0.3 is 0 Å². The molecule has 0 spiro atoms. The number of anilines is 2. The van der Waals surface area contributed by atoms with Gasteiger partial charge in [0.2, 0.25) is 0 Å². The fourth-order valence-electron chi connectivity index (χ4n) is 3.73. The number of nitrogens with one attached hydrogen (secondary N) is 1. The van der Waals surface area contributed by atoms with Crippen LogP contribution in [0.25, 0.3) is 6.08 Å². The molecular formula is C23H32N4. The van der Waals surface area contributed by atoms with Gasteiger partial charge in [-0.1, -0.05) is 19.1 Å². The highest BCUT2D eigenvalue weighted by Gasteiger charge is 2.20. The van der Waals surface area contributed by atoms with Gasteiger partial charge in [0.1, 0.15) is 5.69 Å². The van der Waals surface area contributed by atoms with Crippen molar-refractivity contribution < 1.29 is 0 Å². The van der Waals surface area contributed by atoms with Gasteiger partial charge in [0.15, 0.2) is 5.82 Å². The first-order valence-electron chi connectivity index (χ1n) is 10.1. The fourth-order valence-corrected chi connectivity index (χ4v) is 3.73. The molecule has 0 radical (unpaired) electrons. The lowest BCUT2D eigenvalue weighted by atomic mass is 9.87. The van der Waals surface area contributed by atoms with E-state index < -0.39 is 0 Å². The van der Waals surface area contributed by atoms with E-state index in [0.29, 0.717) is 5.92 Å². The molecular weight excluding hydrogens is 332 g/mol. The largest absolute Gasteiger partial charge is 0.338 e. The molecule has 1 aliphatic heterocycles. The number of hydrogen-bond donors (Lipinski definition) is 1. The van der Waals surface area contributed by atoms with Crippen molar-refractivity contribution in [1.29, 1.82) is 0 Å². The normalized spacial score (nSPS) is 16.2. The zero-order chi connectivity index (χ0) is 19.4. The summed E-state index contributed by atoms with van der Waals surface area (Å²) in [6, 6.07) is 6.73. The molecule has 1 aliphatic rings. The lowest BCUT2D eigenvalue weighted by Crippen LogP contribution is -2.29. The first kappa shape index (κ1) is 19.6. The second-order valence-electron chi connectivity index (χ2n) is 7.71. The third-order valence-corrected chi connectivity index (χ3v) is 5.54. The van der Waals surface area contributed by atoms with Crippen molar-refractivity contribution in [2.45, 2.75) is 52.9 Å². The van der Waals surface area contributed by atoms with E-state index in [1.54, 1.807) is 0 Å². The summed E-state index contributed by atoms with van der Waals surface area (Å²) in [5, 5.41) is 3.49. The summed E-state index contributed by atoms with van der Waals surface area (Å²) in [6.07, 6.45) is 7.66. The molecule has 0 saturated carbocycles. The number of likely N-dealkylation sites (tertiary alicyclic amines) is 1. The Bertz CT molecular complexity index is 817. The van der Waals surface area contributed by atoms with Gasteiger partial charge in [0, 0.05) is 5.69 Å². The van der Waals surface area contributed by atoms with Crippen LogP contribution in [-0.2, 0) is 0 Å². The molecule has 27 heavy (non-hydrogen) atoms. The molecule has 1 fully saturated rings. The summed E-state index contributed by atoms with van der Waals surface area (Å²) in [4.78, 5) is 11.9. The van der Waals surface area contributed by atoms with E-state index in [9.17, 15) is 0 Å². The SMILES string of the molecule is CC/C=C/c1nc(C)c(C)nc1Nc1ccc(C2CCN(C)CC2)c(C)c1. The van der Waals surface area contributed by atoms with Crippen LogP contribution >= 0.6 is 0 Å². The smallest absolute Gasteiger partial charge is 0.156 e. The van der Waals surface area contributed by atoms with Crippen LogP contribution in [0.2, 0.25) is 0 Å². The lowest BCUT2D eigenvalue weighted by Gasteiger charge is -2.30. The Labute approximate surface area is 163 Å². The third kappa shape index (κ3) is 4.75. The maximum absolute atomic E-state index is 4.74. The van der Waals surface area contributed by atoms with Crippen molar-refractivity contribution in [2.75, 3.05) is 25.5 Å². The Balaban J connectivity index is 1.83. The Hall–Kier alpha value is -2.20. The average molecular weight is 365 g/mol. The Kier molecular flexibility index (Phi) is 6.27. The van der Waals surface area contributed by atoms with Gasteiger partial charge in [-0.3, -0.25) is 0 Å². The summed E-state index contributed by atoms with van der Waals surface area (Å²) in [7, 11) is 2.21. The number of rotatable bonds is 5. The topological polar surface area (TPSA) is 41.1 Å². The van der Waals surface area contributed by atoms with E-state index in [0.717, 1.165) is 35.0 Å². The lowest BCUT2D eigenvalue weighted by molar-refractivity contribution is 0.255. The second kappa shape index (κ2) is 8.66. The van der Waals surface area contributed by atoms with Gasteiger partial charge in [-0.2, -0.15) is 0 Å². The van der Waals surface area contributed by atoms with E-state index in [1.807, 2.05) is 13.8 Å². The monoisotopic (exact) mass is 364 g/mol. The van der Waals surface area contributed by atoms with Crippen molar-refractivity contribution in [2.24, 2.45) is 0 Å². The minimum Gasteiger partial charge on any atom is -0.338 e. The van der Waals surface area contributed by atoms with Crippen LogP contribution in [0.15, 0.2) is 24.3 Å². The number of piperidine rings is 1. The molecule has 1 aromatic heterocycles. The standard InChI is InChI=1S/C23H32N4/c1-6-7-8-22-23(25-18(4)17(3)24-22)26-20-9-10-21(16(2)15-20)19-11-13-27(5)14-12-19/h7-10,15,19H,6,11-14H2,1-5H3,(H,25,26)/b8-7+. The van der Waals surface area contributed by atoms with Crippen LogP contribution in [-0.4, -0.2) is 35.0 Å². The summed E-state index contributed by atoms with van der Waals surface area (Å²) < 4.78 is 0. The van der Waals surface area contributed by atoms with Crippen LogP contribution in [0.5, 0.6) is 0 Å². The third-order valence-electron chi connectivity index (χ3n) is 5.54. The van der Waals surface area contributed by atoms with Crippen LogP contribution < -0.4 is 5.32 Å². The molecule has 0 atom stereocenters. The minimum absolute atomic E-state index is 0.680. The number of aromatic nitrogens is 2. The van der Waals surface area contributed by atoms with Crippen molar-refractivity contribution in [3.05, 3.63) is 52.5 Å². The molecule has 4 nitrogen and oxygen atoms in total. The van der Waals surface area contributed by atoms with Crippen molar-refractivity contribution in [3.8, 4) is 0 Å². The second-order valence-corrected chi connectivity index (χ2v) is 7.71. The maximum atomic E-state index is 4.74. The van der Waals surface area contributed by atoms with Gasteiger partial charge in [0.05, 0.1) is 11.4 Å². The number of benzene rings is 1. The Morgan fingerprint density at radius 2 is 1.81 bits per heavy atom. The first-order valence-corrected chi connectivity index (χ1v) is 10.1. The number of aryl methyl sites for hydroxylation is 3. The zero-order valence-electron chi connectivity index (χ0n) is 17.3. The highest BCUT2D eigenvalue weighted by molar-refractivity contribution is 5.67. The molecule has 3 rings (SSSR count). The molecule has 4 heteroatoms. The molecule has 0 amide bonds. The molecule has 144 valence electrons. The van der Waals surface area contributed by atoms with Crippen LogP contribution in [0, 0.1) is 20.8 Å².